The second kappa shape index (κ2) is 6.62. The number of rotatable bonds is 5. The topological polar surface area (TPSA) is 131 Å². The Bertz CT molecular complexity index is 561. The molecule has 0 heterocycles. The number of ether oxygens (including phenoxy) is 1. The van der Waals surface area contributed by atoms with E-state index in [4.69, 9.17) is 27.2 Å². The van der Waals surface area contributed by atoms with Gasteiger partial charge in [0.2, 0.25) is 5.91 Å². The molecule has 0 aromatic heterocycles. The Hall–Kier alpha value is -2.48. The molecule has 0 saturated carbocycles. The SMILES string of the molecule is COc1cc(NC(=O)NCC(N)=O)c(Cl)cc1C(=O)O. The van der Waals surface area contributed by atoms with Gasteiger partial charge < -0.3 is 26.2 Å². The van der Waals surface area contributed by atoms with Gasteiger partial charge in [0, 0.05) is 6.07 Å². The summed E-state index contributed by atoms with van der Waals surface area (Å²) in [6.07, 6.45) is 0. The fourth-order valence-corrected chi connectivity index (χ4v) is 1.53. The van der Waals surface area contributed by atoms with Gasteiger partial charge in [0.05, 0.1) is 24.4 Å². The Morgan fingerprint density at radius 2 is 2.05 bits per heavy atom. The molecule has 1 rings (SSSR count). The van der Waals surface area contributed by atoms with Crippen LogP contribution in [-0.4, -0.2) is 36.7 Å². The van der Waals surface area contributed by atoms with Crippen LogP contribution in [0.1, 0.15) is 10.4 Å². The highest BCUT2D eigenvalue weighted by Gasteiger charge is 2.16. The van der Waals surface area contributed by atoms with Crippen LogP contribution >= 0.6 is 11.6 Å². The van der Waals surface area contributed by atoms with Crippen LogP contribution in [0.4, 0.5) is 10.5 Å². The molecule has 0 aliphatic carbocycles. The highest BCUT2D eigenvalue weighted by molar-refractivity contribution is 6.34. The van der Waals surface area contributed by atoms with Crippen LogP contribution in [0.15, 0.2) is 12.1 Å². The van der Waals surface area contributed by atoms with Crippen LogP contribution in [0.2, 0.25) is 5.02 Å². The summed E-state index contributed by atoms with van der Waals surface area (Å²) in [5.41, 5.74) is 4.87. The van der Waals surface area contributed by atoms with Crippen molar-refractivity contribution in [2.75, 3.05) is 19.0 Å². The number of halogens is 1. The third-order valence-corrected chi connectivity index (χ3v) is 2.50. The standard InChI is InChI=1S/C11H12ClN3O5/c1-20-8-3-7(6(12)2-5(8)10(17)18)15-11(19)14-4-9(13)16/h2-3H,4H2,1H3,(H2,13,16)(H,17,18)(H2,14,15,19). The van der Waals surface area contributed by atoms with Gasteiger partial charge in [-0.3, -0.25) is 4.79 Å². The lowest BCUT2D eigenvalue weighted by atomic mass is 10.2. The second-order valence-corrected chi connectivity index (χ2v) is 4.02. The summed E-state index contributed by atoms with van der Waals surface area (Å²) >= 11 is 5.86. The number of hydrogen-bond acceptors (Lipinski definition) is 4. The molecular formula is C11H12ClN3O5. The van der Waals surface area contributed by atoms with Gasteiger partial charge in [-0.15, -0.1) is 0 Å². The Morgan fingerprint density at radius 3 is 2.55 bits per heavy atom. The molecular weight excluding hydrogens is 290 g/mol. The monoisotopic (exact) mass is 301 g/mol. The van der Waals surface area contributed by atoms with E-state index >= 15 is 0 Å². The predicted molar refractivity (Wildman–Crippen MR) is 71.2 cm³/mol. The lowest BCUT2D eigenvalue weighted by Crippen LogP contribution is -2.36. The number of nitrogens with two attached hydrogens (primary N) is 1. The number of anilines is 1. The fraction of sp³-hybridized carbons (Fsp3) is 0.182. The van der Waals surface area contributed by atoms with Crippen molar-refractivity contribution in [1.29, 1.82) is 0 Å². The zero-order valence-corrected chi connectivity index (χ0v) is 11.2. The van der Waals surface area contributed by atoms with Crippen molar-refractivity contribution < 1.29 is 24.2 Å². The zero-order chi connectivity index (χ0) is 15.3. The third-order valence-electron chi connectivity index (χ3n) is 2.19. The summed E-state index contributed by atoms with van der Waals surface area (Å²) in [4.78, 5) is 32.9. The molecule has 1 aromatic rings. The number of carboxylic acid groups (broad SMARTS) is 1. The fourth-order valence-electron chi connectivity index (χ4n) is 1.32. The molecule has 0 saturated heterocycles. The number of primary amides is 1. The van der Waals surface area contributed by atoms with E-state index in [0.717, 1.165) is 6.07 Å². The molecule has 8 nitrogen and oxygen atoms in total. The molecule has 0 spiro atoms. The Labute approximate surface area is 118 Å². The largest absolute Gasteiger partial charge is 0.496 e. The average molecular weight is 302 g/mol. The normalized spacial score (nSPS) is 9.70. The molecule has 0 fully saturated rings. The first-order valence-corrected chi connectivity index (χ1v) is 5.67. The molecule has 3 amide bonds. The molecule has 0 atom stereocenters. The molecule has 0 radical (unpaired) electrons. The van der Waals surface area contributed by atoms with Crippen molar-refractivity contribution in [3.05, 3.63) is 22.7 Å². The first kappa shape index (κ1) is 15.6. The number of methoxy groups -OCH3 is 1. The van der Waals surface area contributed by atoms with Crippen LogP contribution in [0.3, 0.4) is 0 Å². The number of amides is 3. The lowest BCUT2D eigenvalue weighted by Gasteiger charge is -2.11. The van der Waals surface area contributed by atoms with E-state index < -0.39 is 17.9 Å². The molecule has 20 heavy (non-hydrogen) atoms. The Balaban J connectivity index is 2.93. The van der Waals surface area contributed by atoms with E-state index in [1.807, 2.05) is 0 Å². The van der Waals surface area contributed by atoms with Crippen LogP contribution in [0.5, 0.6) is 5.75 Å². The van der Waals surface area contributed by atoms with Crippen LogP contribution < -0.4 is 21.1 Å². The quantitative estimate of drug-likeness (QED) is 0.634. The van der Waals surface area contributed by atoms with Crippen LogP contribution in [-0.2, 0) is 4.79 Å². The maximum absolute atomic E-state index is 11.4. The van der Waals surface area contributed by atoms with Gasteiger partial charge in [0.1, 0.15) is 11.3 Å². The molecule has 5 N–H and O–H groups in total. The van der Waals surface area contributed by atoms with Crippen molar-refractivity contribution in [1.82, 2.24) is 5.32 Å². The Morgan fingerprint density at radius 1 is 1.40 bits per heavy atom. The minimum atomic E-state index is -1.21. The molecule has 0 aliphatic rings. The first-order chi connectivity index (χ1) is 9.35. The van der Waals surface area contributed by atoms with Gasteiger partial charge in [-0.25, -0.2) is 9.59 Å². The molecule has 0 bridgehead atoms. The van der Waals surface area contributed by atoms with Gasteiger partial charge in [0.25, 0.3) is 0 Å². The number of benzene rings is 1. The van der Waals surface area contributed by atoms with E-state index in [2.05, 4.69) is 10.6 Å². The number of nitrogens with one attached hydrogen (secondary N) is 2. The number of carbonyl (C=O) groups excluding carboxylic acids is 2. The van der Waals surface area contributed by atoms with Crippen molar-refractivity contribution >= 4 is 35.2 Å². The molecule has 9 heteroatoms. The maximum atomic E-state index is 11.4. The zero-order valence-electron chi connectivity index (χ0n) is 10.4. The van der Waals surface area contributed by atoms with E-state index in [-0.39, 0.29) is 28.6 Å². The summed E-state index contributed by atoms with van der Waals surface area (Å²) in [6.45, 7) is -0.339. The predicted octanol–water partition coefficient (Wildman–Crippen LogP) is 0.654. The van der Waals surface area contributed by atoms with Gasteiger partial charge in [0.15, 0.2) is 0 Å². The Kier molecular flexibility index (Phi) is 5.15. The number of hydrogen-bond donors (Lipinski definition) is 4. The van der Waals surface area contributed by atoms with E-state index in [9.17, 15) is 14.4 Å². The second-order valence-electron chi connectivity index (χ2n) is 3.61. The highest BCUT2D eigenvalue weighted by atomic mass is 35.5. The lowest BCUT2D eigenvalue weighted by molar-refractivity contribution is -0.117. The van der Waals surface area contributed by atoms with Gasteiger partial charge in [-0.05, 0) is 6.07 Å². The molecule has 0 aliphatic heterocycles. The number of urea groups is 1. The number of aromatic carboxylic acids is 1. The van der Waals surface area contributed by atoms with E-state index in [1.54, 1.807) is 0 Å². The molecule has 1 aromatic carbocycles. The number of carboxylic acids is 1. The average Bonchev–Trinajstić information content (AvgIpc) is 2.38. The summed E-state index contributed by atoms with van der Waals surface area (Å²) in [7, 11) is 1.28. The highest BCUT2D eigenvalue weighted by Crippen LogP contribution is 2.30. The van der Waals surface area contributed by atoms with Crippen LogP contribution in [0, 0.1) is 0 Å². The minimum absolute atomic E-state index is 0.0115. The first-order valence-electron chi connectivity index (χ1n) is 5.29. The minimum Gasteiger partial charge on any atom is -0.496 e. The van der Waals surface area contributed by atoms with Crippen molar-refractivity contribution in [3.8, 4) is 5.75 Å². The van der Waals surface area contributed by atoms with E-state index in [1.165, 1.54) is 13.2 Å². The summed E-state index contributed by atoms with van der Waals surface area (Å²) in [5, 5.41) is 13.5. The van der Waals surface area contributed by atoms with Crippen molar-refractivity contribution in [3.63, 3.8) is 0 Å². The molecule has 108 valence electrons. The van der Waals surface area contributed by atoms with Gasteiger partial charge in [-0.1, -0.05) is 11.6 Å². The molecule has 0 unspecified atom stereocenters. The van der Waals surface area contributed by atoms with Gasteiger partial charge >= 0.3 is 12.0 Å². The van der Waals surface area contributed by atoms with Crippen LogP contribution in [0.25, 0.3) is 0 Å². The summed E-state index contributed by atoms with van der Waals surface area (Å²) < 4.78 is 4.90. The third kappa shape index (κ3) is 4.02. The maximum Gasteiger partial charge on any atom is 0.339 e. The summed E-state index contributed by atoms with van der Waals surface area (Å²) in [6, 6.07) is 1.69. The van der Waals surface area contributed by atoms with Gasteiger partial charge in [-0.2, -0.15) is 0 Å². The van der Waals surface area contributed by atoms with Crippen molar-refractivity contribution in [2.24, 2.45) is 5.73 Å². The summed E-state index contributed by atoms with van der Waals surface area (Å²) in [5.74, 6) is -1.88. The smallest absolute Gasteiger partial charge is 0.339 e. The van der Waals surface area contributed by atoms with E-state index in [0.29, 0.717) is 0 Å². The van der Waals surface area contributed by atoms with Crippen molar-refractivity contribution in [2.45, 2.75) is 0 Å². The number of carbonyl (C=O) groups is 3.